The highest BCUT2D eigenvalue weighted by Crippen LogP contribution is 2.25. The van der Waals surface area contributed by atoms with Crippen molar-refractivity contribution in [3.05, 3.63) is 70.9 Å². The summed E-state index contributed by atoms with van der Waals surface area (Å²) in [4.78, 5) is 24.4. The molecule has 124 valence electrons. The van der Waals surface area contributed by atoms with Gasteiger partial charge in [0.15, 0.2) is 0 Å². The van der Waals surface area contributed by atoms with Crippen LogP contribution in [-0.4, -0.2) is 20.9 Å². The summed E-state index contributed by atoms with van der Waals surface area (Å²) in [5.74, 6) is -0.109. The minimum Gasteiger partial charge on any atom is -0.361 e. The molecule has 0 radical (unpaired) electrons. The Balaban J connectivity index is 1.50. The Hall–Kier alpha value is -2.99. The van der Waals surface area contributed by atoms with Crippen LogP contribution < -0.4 is 5.32 Å². The van der Waals surface area contributed by atoms with Gasteiger partial charge in [-0.05, 0) is 42.6 Å². The number of hydrogen-bond donors (Lipinski definition) is 2. The van der Waals surface area contributed by atoms with Crippen LogP contribution in [0.2, 0.25) is 0 Å². The van der Waals surface area contributed by atoms with Crippen LogP contribution in [0.5, 0.6) is 0 Å². The fourth-order valence-corrected chi connectivity index (χ4v) is 3.50. The first kappa shape index (κ1) is 15.5. The summed E-state index contributed by atoms with van der Waals surface area (Å²) in [6.07, 6.45) is 5.39. The zero-order valence-electron chi connectivity index (χ0n) is 13.6. The van der Waals surface area contributed by atoms with Crippen LogP contribution in [0.15, 0.2) is 60.4 Å². The van der Waals surface area contributed by atoms with E-state index >= 15 is 0 Å². The molecule has 1 atom stereocenters. The second-order valence-corrected chi connectivity index (χ2v) is 6.68. The van der Waals surface area contributed by atoms with Gasteiger partial charge in [-0.25, -0.2) is 4.98 Å². The molecule has 0 aliphatic carbocycles. The molecular weight excluding hydrogens is 332 g/mol. The van der Waals surface area contributed by atoms with Gasteiger partial charge >= 0.3 is 0 Å². The first-order valence-electron chi connectivity index (χ1n) is 7.94. The normalized spacial score (nSPS) is 12.2. The number of carbonyl (C=O) groups is 1. The van der Waals surface area contributed by atoms with E-state index in [0.29, 0.717) is 5.56 Å². The molecule has 0 aliphatic rings. The lowest BCUT2D eigenvalue weighted by Crippen LogP contribution is -2.26. The van der Waals surface area contributed by atoms with Gasteiger partial charge in [0.05, 0.1) is 11.7 Å². The van der Waals surface area contributed by atoms with Gasteiger partial charge < -0.3 is 10.3 Å². The number of benzene rings is 1. The van der Waals surface area contributed by atoms with E-state index in [0.717, 1.165) is 27.2 Å². The van der Waals surface area contributed by atoms with Gasteiger partial charge in [0.2, 0.25) is 0 Å². The fourth-order valence-electron chi connectivity index (χ4n) is 2.66. The summed E-state index contributed by atoms with van der Waals surface area (Å²) in [5, 5.41) is 6.96. The Kier molecular flexibility index (Phi) is 4.03. The monoisotopic (exact) mass is 348 g/mol. The van der Waals surface area contributed by atoms with Gasteiger partial charge in [0.25, 0.3) is 5.91 Å². The summed E-state index contributed by atoms with van der Waals surface area (Å²) < 4.78 is 0. The molecule has 0 fully saturated rings. The zero-order valence-corrected chi connectivity index (χ0v) is 14.4. The van der Waals surface area contributed by atoms with Crippen molar-refractivity contribution in [3.63, 3.8) is 0 Å². The minimum absolute atomic E-state index is 0.109. The molecule has 6 heteroatoms. The average Bonchev–Trinajstić information content (AvgIpc) is 3.31. The number of pyridine rings is 1. The molecule has 4 aromatic rings. The van der Waals surface area contributed by atoms with Crippen LogP contribution in [-0.2, 0) is 0 Å². The number of nitrogens with one attached hydrogen (secondary N) is 2. The number of rotatable bonds is 4. The van der Waals surface area contributed by atoms with E-state index in [1.54, 1.807) is 12.4 Å². The van der Waals surface area contributed by atoms with Gasteiger partial charge in [-0.15, -0.1) is 11.3 Å². The number of H-pyrrole nitrogens is 1. The smallest absolute Gasteiger partial charge is 0.251 e. The lowest BCUT2D eigenvalue weighted by Gasteiger charge is -2.11. The molecule has 3 heterocycles. The van der Waals surface area contributed by atoms with Crippen molar-refractivity contribution in [2.45, 2.75) is 13.0 Å². The van der Waals surface area contributed by atoms with Crippen LogP contribution in [0, 0.1) is 0 Å². The molecule has 1 aromatic carbocycles. The molecule has 0 saturated heterocycles. The third-order valence-corrected chi connectivity index (χ3v) is 5.04. The number of aromatic nitrogens is 3. The van der Waals surface area contributed by atoms with Crippen molar-refractivity contribution in [2.75, 3.05) is 0 Å². The van der Waals surface area contributed by atoms with Crippen molar-refractivity contribution >= 4 is 28.1 Å². The first-order valence-corrected chi connectivity index (χ1v) is 8.82. The maximum absolute atomic E-state index is 12.5. The molecule has 25 heavy (non-hydrogen) atoms. The number of hydrogen-bond acceptors (Lipinski definition) is 4. The molecule has 0 unspecified atom stereocenters. The summed E-state index contributed by atoms with van der Waals surface area (Å²) in [6, 6.07) is 11.3. The van der Waals surface area contributed by atoms with Crippen LogP contribution in [0.1, 0.15) is 28.3 Å². The minimum atomic E-state index is -0.165. The van der Waals surface area contributed by atoms with Crippen molar-refractivity contribution in [2.24, 2.45) is 0 Å². The summed E-state index contributed by atoms with van der Waals surface area (Å²) in [7, 11) is 0. The zero-order chi connectivity index (χ0) is 17.2. The number of fused-ring (bicyclic) bond motifs is 1. The van der Waals surface area contributed by atoms with Gasteiger partial charge in [-0.3, -0.25) is 9.78 Å². The van der Waals surface area contributed by atoms with Gasteiger partial charge in [-0.2, -0.15) is 0 Å². The number of aromatic amines is 1. The van der Waals surface area contributed by atoms with Crippen LogP contribution in [0.4, 0.5) is 0 Å². The standard InChI is InChI=1S/C19H16N4OS/c1-12(19-23-17(11-25-19)15-3-2-7-20-10-15)22-18(24)14-5-4-13-6-8-21-16(13)9-14/h2-12,21H,1H3,(H,22,24)/t12-/m0/s1. The Bertz CT molecular complexity index is 1020. The quantitative estimate of drug-likeness (QED) is 0.581. The highest BCUT2D eigenvalue weighted by Gasteiger charge is 2.15. The molecule has 3 aromatic heterocycles. The Morgan fingerprint density at radius 3 is 3.04 bits per heavy atom. The molecular formula is C19H16N4OS. The highest BCUT2D eigenvalue weighted by atomic mass is 32.1. The molecule has 0 saturated carbocycles. The van der Waals surface area contributed by atoms with E-state index in [4.69, 9.17) is 0 Å². The predicted molar refractivity (Wildman–Crippen MR) is 99.5 cm³/mol. The van der Waals surface area contributed by atoms with Crippen molar-refractivity contribution in [3.8, 4) is 11.3 Å². The van der Waals surface area contributed by atoms with Crippen LogP contribution in [0.25, 0.3) is 22.2 Å². The lowest BCUT2D eigenvalue weighted by atomic mass is 10.1. The SMILES string of the molecule is C[C@H](NC(=O)c1ccc2cc[nH]c2c1)c1nc(-c2cccnc2)cs1. The van der Waals surface area contributed by atoms with Gasteiger partial charge in [0.1, 0.15) is 5.01 Å². The van der Waals surface area contributed by atoms with Gasteiger partial charge in [-0.1, -0.05) is 6.07 Å². The van der Waals surface area contributed by atoms with Crippen molar-refractivity contribution < 1.29 is 4.79 Å². The van der Waals surface area contributed by atoms with Crippen LogP contribution in [0.3, 0.4) is 0 Å². The van der Waals surface area contributed by atoms with E-state index in [9.17, 15) is 4.79 Å². The third kappa shape index (κ3) is 3.16. The Morgan fingerprint density at radius 1 is 1.28 bits per heavy atom. The average molecular weight is 348 g/mol. The molecule has 1 amide bonds. The summed E-state index contributed by atoms with van der Waals surface area (Å²) >= 11 is 1.53. The second-order valence-electron chi connectivity index (χ2n) is 5.79. The van der Waals surface area contributed by atoms with Crippen molar-refractivity contribution in [1.29, 1.82) is 0 Å². The maximum atomic E-state index is 12.5. The second kappa shape index (κ2) is 6.49. The molecule has 0 bridgehead atoms. The topological polar surface area (TPSA) is 70.7 Å². The van der Waals surface area contributed by atoms with Gasteiger partial charge in [0, 0.05) is 40.6 Å². The Labute approximate surface area is 148 Å². The van der Waals surface area contributed by atoms with E-state index < -0.39 is 0 Å². The van der Waals surface area contributed by atoms with E-state index in [1.165, 1.54) is 11.3 Å². The number of amides is 1. The Morgan fingerprint density at radius 2 is 2.20 bits per heavy atom. The van der Waals surface area contributed by atoms with E-state index in [1.807, 2.05) is 54.9 Å². The number of thiazole rings is 1. The molecule has 5 nitrogen and oxygen atoms in total. The number of nitrogens with zero attached hydrogens (tertiary/aromatic N) is 2. The van der Waals surface area contributed by atoms with E-state index in [2.05, 4.69) is 20.3 Å². The largest absolute Gasteiger partial charge is 0.361 e. The van der Waals surface area contributed by atoms with Crippen LogP contribution >= 0.6 is 11.3 Å². The summed E-state index contributed by atoms with van der Waals surface area (Å²) in [6.45, 7) is 1.94. The molecule has 2 N–H and O–H groups in total. The van der Waals surface area contributed by atoms with E-state index in [-0.39, 0.29) is 11.9 Å². The first-order chi connectivity index (χ1) is 12.2. The molecule has 0 spiro atoms. The molecule has 0 aliphatic heterocycles. The third-order valence-electron chi connectivity index (χ3n) is 4.01. The highest BCUT2D eigenvalue weighted by molar-refractivity contribution is 7.10. The lowest BCUT2D eigenvalue weighted by molar-refractivity contribution is 0.0940. The molecule has 4 rings (SSSR count). The maximum Gasteiger partial charge on any atom is 0.251 e. The summed E-state index contributed by atoms with van der Waals surface area (Å²) in [5.41, 5.74) is 3.43. The number of carbonyl (C=O) groups excluding carboxylic acids is 1. The fraction of sp³-hybridized carbons (Fsp3) is 0.105. The predicted octanol–water partition coefficient (Wildman–Crippen LogP) is 4.18. The van der Waals surface area contributed by atoms with Crippen molar-refractivity contribution in [1.82, 2.24) is 20.3 Å².